The summed E-state index contributed by atoms with van der Waals surface area (Å²) in [5, 5.41) is 20.6. The number of hydrogen-bond acceptors (Lipinski definition) is 8. The van der Waals surface area contributed by atoms with Crippen LogP contribution in [0.1, 0.15) is 86.8 Å². The first-order valence-corrected chi connectivity index (χ1v) is 16.7. The van der Waals surface area contributed by atoms with E-state index in [1.165, 1.54) is 7.11 Å². The first kappa shape index (κ1) is 33.2. The van der Waals surface area contributed by atoms with E-state index in [1.54, 1.807) is 29.5 Å². The summed E-state index contributed by atoms with van der Waals surface area (Å²) in [6, 6.07) is 16.1. The van der Waals surface area contributed by atoms with Crippen molar-refractivity contribution in [3.8, 4) is 5.75 Å². The van der Waals surface area contributed by atoms with E-state index in [0.29, 0.717) is 42.3 Å². The molecule has 1 fully saturated rings. The fourth-order valence-corrected chi connectivity index (χ4v) is 6.70. The van der Waals surface area contributed by atoms with Gasteiger partial charge in [-0.3, -0.25) is 14.6 Å². The zero-order valence-electron chi connectivity index (χ0n) is 26.9. The number of hydrogen-bond donors (Lipinski definition) is 3. The smallest absolute Gasteiger partial charge is 0.254 e. The highest BCUT2D eigenvalue weighted by Crippen LogP contribution is 2.35. The second-order valence-electron chi connectivity index (χ2n) is 12.2. The lowest BCUT2D eigenvalue weighted by Gasteiger charge is -2.26. The lowest BCUT2D eigenvalue weighted by atomic mass is 10.00. The molecule has 0 saturated carbocycles. The summed E-state index contributed by atoms with van der Waals surface area (Å²) < 4.78 is 5.51. The van der Waals surface area contributed by atoms with Crippen LogP contribution in [0.2, 0.25) is 0 Å². The van der Waals surface area contributed by atoms with Gasteiger partial charge in [-0.15, -0.1) is 11.3 Å². The number of likely N-dealkylation sites (tertiary alicyclic amines) is 1. The molecule has 3 N–H and O–H groups in total. The van der Waals surface area contributed by atoms with Gasteiger partial charge < -0.3 is 25.4 Å². The maximum Gasteiger partial charge on any atom is 0.254 e. The minimum Gasteiger partial charge on any atom is -0.497 e. The second kappa shape index (κ2) is 15.4. The van der Waals surface area contributed by atoms with Crippen LogP contribution in [0.3, 0.4) is 0 Å². The van der Waals surface area contributed by atoms with Gasteiger partial charge in [-0.25, -0.2) is 4.98 Å². The lowest BCUT2D eigenvalue weighted by molar-refractivity contribution is 0.0735. The number of carbonyl (C=O) groups is 2. The Morgan fingerprint density at radius 1 is 1.09 bits per heavy atom. The van der Waals surface area contributed by atoms with Crippen LogP contribution in [0.25, 0.3) is 0 Å². The molecule has 242 valence electrons. The number of amides is 2. The zero-order valence-corrected chi connectivity index (χ0v) is 27.7. The molecule has 46 heavy (non-hydrogen) atoms. The molecule has 2 aromatic heterocycles. The van der Waals surface area contributed by atoms with E-state index in [2.05, 4.69) is 40.5 Å². The summed E-state index contributed by atoms with van der Waals surface area (Å²) >= 11 is 1.57. The van der Waals surface area contributed by atoms with Crippen LogP contribution in [0.4, 0.5) is 0 Å². The Morgan fingerprint density at radius 3 is 2.59 bits per heavy atom. The number of carbonyl (C=O) groups excluding carboxylic acids is 2. The van der Waals surface area contributed by atoms with Crippen molar-refractivity contribution in [2.75, 3.05) is 20.2 Å². The van der Waals surface area contributed by atoms with Crippen LogP contribution in [0, 0.1) is 6.92 Å². The van der Waals surface area contributed by atoms with Gasteiger partial charge >= 0.3 is 0 Å². The van der Waals surface area contributed by atoms with Crippen molar-refractivity contribution in [3.05, 3.63) is 111 Å². The molecule has 10 heteroatoms. The third kappa shape index (κ3) is 8.37. The minimum absolute atomic E-state index is 0.0868. The Morgan fingerprint density at radius 2 is 1.87 bits per heavy atom. The highest BCUT2D eigenvalue weighted by Gasteiger charge is 2.33. The number of rotatable bonds is 13. The summed E-state index contributed by atoms with van der Waals surface area (Å²) in [6.45, 7) is 7.63. The summed E-state index contributed by atoms with van der Waals surface area (Å²) in [5.74, 6) is 0.227. The normalized spacial score (nSPS) is 16.0. The highest BCUT2D eigenvalue weighted by atomic mass is 32.1. The molecule has 3 heterocycles. The largest absolute Gasteiger partial charge is 0.497 e. The third-order valence-corrected chi connectivity index (χ3v) is 9.40. The molecule has 0 spiro atoms. The number of methoxy groups -OCH3 is 1. The molecule has 1 aliphatic heterocycles. The van der Waals surface area contributed by atoms with E-state index < -0.39 is 18.1 Å². The molecule has 3 atom stereocenters. The van der Waals surface area contributed by atoms with Crippen molar-refractivity contribution in [1.82, 2.24) is 25.5 Å². The number of benzene rings is 2. The van der Waals surface area contributed by atoms with Crippen LogP contribution in [-0.4, -0.2) is 64.1 Å². The zero-order chi connectivity index (χ0) is 32.6. The van der Waals surface area contributed by atoms with E-state index in [-0.39, 0.29) is 18.5 Å². The van der Waals surface area contributed by atoms with Crippen molar-refractivity contribution in [3.63, 3.8) is 0 Å². The number of pyridine rings is 1. The maximum absolute atomic E-state index is 13.8. The second-order valence-corrected chi connectivity index (χ2v) is 13.1. The molecular formula is C36H43N5O4S. The van der Waals surface area contributed by atoms with Crippen LogP contribution >= 0.6 is 11.3 Å². The number of nitrogens with one attached hydrogen (secondary N) is 2. The standard InChI is InChI=1S/C36H43N5O4S/c1-23(2)29-13-26(18-37-20-29)19-38-21-33(42)31(14-25-9-6-5-7-10-25)40-34(43)27-15-28(17-30(16-27)45-4)36(44)41-12-8-11-32(41)35-39-24(3)22-46-35/h5-7,9-10,13,15-18,20,22-23,31-33,38,42H,8,11-12,14,19,21H2,1-4H3,(H,40,43)/t31-,32+,33-/m0/s1. The van der Waals surface area contributed by atoms with Gasteiger partial charge in [0.1, 0.15) is 10.8 Å². The van der Waals surface area contributed by atoms with Gasteiger partial charge in [0.05, 0.1) is 25.3 Å². The van der Waals surface area contributed by atoms with E-state index in [9.17, 15) is 14.7 Å². The number of thiazole rings is 1. The molecule has 2 aromatic carbocycles. The van der Waals surface area contributed by atoms with Crippen LogP contribution in [0.15, 0.2) is 72.4 Å². The van der Waals surface area contributed by atoms with E-state index in [0.717, 1.165) is 40.2 Å². The maximum atomic E-state index is 13.8. The summed E-state index contributed by atoms with van der Waals surface area (Å²) in [7, 11) is 1.52. The van der Waals surface area contributed by atoms with Gasteiger partial charge in [0.15, 0.2) is 0 Å². The number of aliphatic hydroxyl groups excluding tert-OH is 1. The van der Waals surface area contributed by atoms with E-state index in [4.69, 9.17) is 4.74 Å². The fourth-order valence-electron chi connectivity index (χ4n) is 5.76. The molecule has 0 bridgehead atoms. The third-order valence-electron chi connectivity index (χ3n) is 8.33. The number of ether oxygens (including phenoxy) is 1. The van der Waals surface area contributed by atoms with E-state index in [1.807, 2.05) is 59.9 Å². The van der Waals surface area contributed by atoms with Crippen molar-refractivity contribution in [2.24, 2.45) is 0 Å². The highest BCUT2D eigenvalue weighted by molar-refractivity contribution is 7.09. The van der Waals surface area contributed by atoms with Crippen molar-refractivity contribution in [2.45, 2.75) is 70.7 Å². The Hall–Kier alpha value is -4.12. The molecule has 5 rings (SSSR count). The summed E-state index contributed by atoms with van der Waals surface area (Å²) in [6.07, 6.45) is 4.97. The molecule has 9 nitrogen and oxygen atoms in total. The monoisotopic (exact) mass is 641 g/mol. The van der Waals surface area contributed by atoms with Crippen LogP contribution in [0.5, 0.6) is 5.75 Å². The van der Waals surface area contributed by atoms with Crippen LogP contribution < -0.4 is 15.4 Å². The fraction of sp³-hybridized carbons (Fsp3) is 0.389. The Labute approximate surface area is 275 Å². The van der Waals surface area contributed by atoms with Crippen LogP contribution in [-0.2, 0) is 13.0 Å². The summed E-state index contributed by atoms with van der Waals surface area (Å²) in [5.41, 5.74) is 4.78. The SMILES string of the molecule is COc1cc(C(=O)N[C@@H](Cc2ccccc2)[C@@H](O)CNCc2cncc(C(C)C)c2)cc(C(=O)N2CCC[C@@H]2c2nc(C)cs2)c1. The first-order valence-electron chi connectivity index (χ1n) is 15.8. The van der Waals surface area contributed by atoms with Gasteiger partial charge in [-0.2, -0.15) is 0 Å². The molecule has 0 aliphatic carbocycles. The molecule has 0 unspecified atom stereocenters. The van der Waals surface area contributed by atoms with E-state index >= 15 is 0 Å². The Balaban J connectivity index is 1.32. The van der Waals surface area contributed by atoms with Crippen molar-refractivity contribution in [1.29, 1.82) is 0 Å². The number of nitrogens with zero attached hydrogens (tertiary/aromatic N) is 3. The quantitative estimate of drug-likeness (QED) is 0.178. The lowest BCUT2D eigenvalue weighted by Crippen LogP contribution is -2.48. The topological polar surface area (TPSA) is 117 Å². The minimum atomic E-state index is -0.885. The molecule has 4 aromatic rings. The van der Waals surface area contributed by atoms with Gasteiger partial charge in [0.25, 0.3) is 11.8 Å². The van der Waals surface area contributed by atoms with Crippen molar-refractivity contribution >= 4 is 23.2 Å². The molecule has 1 saturated heterocycles. The molecule has 2 amide bonds. The van der Waals surface area contributed by atoms with Gasteiger partial charge in [-0.1, -0.05) is 50.2 Å². The average Bonchev–Trinajstić information content (AvgIpc) is 3.73. The Kier molecular flexibility index (Phi) is 11.2. The van der Waals surface area contributed by atoms with Gasteiger partial charge in [0, 0.05) is 54.2 Å². The van der Waals surface area contributed by atoms with Gasteiger partial charge in [-0.05, 0) is 67.0 Å². The predicted octanol–water partition coefficient (Wildman–Crippen LogP) is 5.45. The van der Waals surface area contributed by atoms with Gasteiger partial charge in [0.2, 0.25) is 0 Å². The summed E-state index contributed by atoms with van der Waals surface area (Å²) in [4.78, 5) is 38.4. The molecular weight excluding hydrogens is 598 g/mol. The average molecular weight is 642 g/mol. The first-order chi connectivity index (χ1) is 22.2. The number of aryl methyl sites for hydroxylation is 1. The predicted molar refractivity (Wildman–Crippen MR) is 180 cm³/mol. The number of aliphatic hydroxyl groups is 1. The Bertz CT molecular complexity index is 1630. The molecule has 0 radical (unpaired) electrons. The number of aromatic nitrogens is 2. The van der Waals surface area contributed by atoms with Crippen molar-refractivity contribution < 1.29 is 19.4 Å². The molecule has 1 aliphatic rings.